The molecule has 136 valence electrons. The second-order valence-electron chi connectivity index (χ2n) is 6.07. The van der Waals surface area contributed by atoms with Crippen molar-refractivity contribution in [3.8, 4) is 0 Å². The van der Waals surface area contributed by atoms with E-state index >= 15 is 0 Å². The van der Waals surface area contributed by atoms with E-state index in [2.05, 4.69) is 25.8 Å². The van der Waals surface area contributed by atoms with E-state index in [1.54, 1.807) is 24.3 Å². The summed E-state index contributed by atoms with van der Waals surface area (Å²) in [5, 5.41) is 19.3. The highest BCUT2D eigenvalue weighted by molar-refractivity contribution is 5.78. The number of nitrogens with zero attached hydrogens (tertiary/aromatic N) is 6. The maximum absolute atomic E-state index is 12.3. The van der Waals surface area contributed by atoms with E-state index in [0.29, 0.717) is 30.3 Å². The Morgan fingerprint density at radius 1 is 1.04 bits per heavy atom. The molecule has 1 amide bonds. The second kappa shape index (κ2) is 7.32. The molecule has 0 atom stereocenters. The number of aromatic nitrogens is 6. The summed E-state index contributed by atoms with van der Waals surface area (Å²) < 4.78 is 3.00. The molecule has 3 aromatic heterocycles. The van der Waals surface area contributed by atoms with Crippen LogP contribution in [0.15, 0.2) is 53.5 Å². The highest BCUT2D eigenvalue weighted by Crippen LogP contribution is 2.05. The third-order valence-corrected chi connectivity index (χ3v) is 4.21. The van der Waals surface area contributed by atoms with Crippen molar-refractivity contribution in [1.82, 2.24) is 34.9 Å². The number of hydrogen-bond donors (Lipinski definition) is 1. The van der Waals surface area contributed by atoms with Gasteiger partial charge in [0.15, 0.2) is 5.65 Å². The third kappa shape index (κ3) is 3.52. The maximum atomic E-state index is 12.3. The van der Waals surface area contributed by atoms with Crippen LogP contribution in [0, 0.1) is 0 Å². The summed E-state index contributed by atoms with van der Waals surface area (Å²) in [6.07, 6.45) is 3.30. The number of pyridine rings is 1. The third-order valence-electron chi connectivity index (χ3n) is 4.21. The van der Waals surface area contributed by atoms with Crippen molar-refractivity contribution in [2.75, 3.05) is 6.54 Å². The quantitative estimate of drug-likeness (QED) is 0.502. The van der Waals surface area contributed by atoms with E-state index in [0.717, 1.165) is 16.2 Å². The van der Waals surface area contributed by atoms with Crippen molar-refractivity contribution in [2.45, 2.75) is 19.4 Å². The van der Waals surface area contributed by atoms with Crippen LogP contribution in [0.3, 0.4) is 0 Å². The first-order valence-corrected chi connectivity index (χ1v) is 8.60. The molecule has 1 aromatic carbocycles. The molecular formula is C18H17N7O2. The van der Waals surface area contributed by atoms with Gasteiger partial charge in [0.1, 0.15) is 17.9 Å². The molecule has 0 radical (unpaired) electrons. The SMILES string of the molecule is O=C(Cn1nnc2ccccc2c1=O)NCCCc1nnc2ccccn12. The van der Waals surface area contributed by atoms with Gasteiger partial charge >= 0.3 is 0 Å². The average Bonchev–Trinajstić information content (AvgIpc) is 3.11. The number of amides is 1. The topological polar surface area (TPSA) is 107 Å². The van der Waals surface area contributed by atoms with Crippen LogP contribution in [-0.4, -0.2) is 42.0 Å². The van der Waals surface area contributed by atoms with Gasteiger partial charge in [-0.2, -0.15) is 0 Å². The van der Waals surface area contributed by atoms with Crippen molar-refractivity contribution in [3.63, 3.8) is 0 Å². The Bertz CT molecular complexity index is 1170. The molecule has 4 rings (SSSR count). The lowest BCUT2D eigenvalue weighted by Crippen LogP contribution is -2.34. The first-order chi connectivity index (χ1) is 13.2. The van der Waals surface area contributed by atoms with Gasteiger partial charge in [-0.15, -0.1) is 15.3 Å². The van der Waals surface area contributed by atoms with Crippen molar-refractivity contribution >= 4 is 22.5 Å². The standard InChI is InChI=1S/C18H17N7O2/c26-17(12-25-18(27)13-6-1-2-7-14(13)20-23-25)19-10-5-9-16-22-21-15-8-3-4-11-24(15)16/h1-4,6-8,11H,5,9-10,12H2,(H,19,26). The van der Waals surface area contributed by atoms with Gasteiger partial charge in [-0.25, -0.2) is 4.68 Å². The van der Waals surface area contributed by atoms with Crippen LogP contribution < -0.4 is 10.9 Å². The molecule has 0 aliphatic heterocycles. The zero-order chi connectivity index (χ0) is 18.6. The Kier molecular flexibility index (Phi) is 4.56. The second-order valence-corrected chi connectivity index (χ2v) is 6.07. The number of fused-ring (bicyclic) bond motifs is 2. The minimum atomic E-state index is -0.328. The van der Waals surface area contributed by atoms with Crippen molar-refractivity contribution < 1.29 is 4.79 Å². The molecule has 1 N–H and O–H groups in total. The van der Waals surface area contributed by atoms with Gasteiger partial charge in [0.05, 0.1) is 5.39 Å². The molecule has 0 unspecified atom stereocenters. The minimum absolute atomic E-state index is 0.162. The number of benzene rings is 1. The largest absolute Gasteiger partial charge is 0.354 e. The molecule has 0 bridgehead atoms. The van der Waals surface area contributed by atoms with Gasteiger partial charge in [0.25, 0.3) is 5.56 Å². The summed E-state index contributed by atoms with van der Waals surface area (Å²) in [6.45, 7) is 0.306. The van der Waals surface area contributed by atoms with Crippen LogP contribution in [0.2, 0.25) is 0 Å². The fourth-order valence-electron chi connectivity index (χ4n) is 2.85. The van der Waals surface area contributed by atoms with Crippen LogP contribution >= 0.6 is 0 Å². The molecule has 9 nitrogen and oxygen atoms in total. The molecule has 0 saturated carbocycles. The summed E-state index contributed by atoms with van der Waals surface area (Å²) in [4.78, 5) is 24.4. The highest BCUT2D eigenvalue weighted by Gasteiger charge is 2.09. The normalized spacial score (nSPS) is 11.1. The molecule has 0 fully saturated rings. The van der Waals surface area contributed by atoms with Gasteiger partial charge in [-0.05, 0) is 30.7 Å². The predicted molar refractivity (Wildman–Crippen MR) is 98.1 cm³/mol. The van der Waals surface area contributed by atoms with Gasteiger partial charge in [0.2, 0.25) is 5.91 Å². The molecule has 0 saturated heterocycles. The fraction of sp³-hybridized carbons (Fsp3) is 0.222. The Hall–Kier alpha value is -3.62. The van der Waals surface area contributed by atoms with Crippen molar-refractivity contribution in [2.24, 2.45) is 0 Å². The Balaban J connectivity index is 1.32. The zero-order valence-corrected chi connectivity index (χ0v) is 14.4. The summed E-state index contributed by atoms with van der Waals surface area (Å²) >= 11 is 0. The molecule has 0 aliphatic rings. The van der Waals surface area contributed by atoms with E-state index in [4.69, 9.17) is 0 Å². The van der Waals surface area contributed by atoms with E-state index in [9.17, 15) is 9.59 Å². The monoisotopic (exact) mass is 363 g/mol. The predicted octanol–water partition coefficient (Wildman–Crippen LogP) is 0.583. The van der Waals surface area contributed by atoms with Crippen LogP contribution in [0.5, 0.6) is 0 Å². The Morgan fingerprint density at radius 2 is 1.89 bits per heavy atom. The number of hydrogen-bond acceptors (Lipinski definition) is 6. The summed E-state index contributed by atoms with van der Waals surface area (Å²) in [7, 11) is 0. The highest BCUT2D eigenvalue weighted by atomic mass is 16.2. The molecule has 0 aliphatic carbocycles. The number of nitrogens with one attached hydrogen (secondary N) is 1. The Labute approximate surface area is 153 Å². The lowest BCUT2D eigenvalue weighted by molar-refractivity contribution is -0.121. The number of aryl methyl sites for hydroxylation is 1. The minimum Gasteiger partial charge on any atom is -0.354 e. The number of carbonyl (C=O) groups is 1. The maximum Gasteiger partial charge on any atom is 0.278 e. The van der Waals surface area contributed by atoms with E-state index < -0.39 is 0 Å². The van der Waals surface area contributed by atoms with Crippen molar-refractivity contribution in [1.29, 1.82) is 0 Å². The fourth-order valence-corrected chi connectivity index (χ4v) is 2.85. The van der Waals surface area contributed by atoms with Gasteiger partial charge < -0.3 is 5.32 Å². The van der Waals surface area contributed by atoms with Gasteiger partial charge in [-0.3, -0.25) is 14.0 Å². The van der Waals surface area contributed by atoms with Crippen LogP contribution in [0.25, 0.3) is 16.6 Å². The van der Waals surface area contributed by atoms with E-state index in [-0.39, 0.29) is 18.0 Å². The molecule has 9 heteroatoms. The molecular weight excluding hydrogens is 346 g/mol. The summed E-state index contributed by atoms with van der Waals surface area (Å²) in [5.74, 6) is 0.559. The Morgan fingerprint density at radius 3 is 2.81 bits per heavy atom. The van der Waals surface area contributed by atoms with Gasteiger partial charge in [-0.1, -0.05) is 23.4 Å². The van der Waals surface area contributed by atoms with Crippen LogP contribution in [0.4, 0.5) is 0 Å². The molecule has 4 aromatic rings. The lowest BCUT2D eigenvalue weighted by Gasteiger charge is -2.06. The van der Waals surface area contributed by atoms with E-state index in [1.165, 1.54) is 0 Å². The van der Waals surface area contributed by atoms with Gasteiger partial charge in [0, 0.05) is 19.2 Å². The number of carbonyl (C=O) groups excluding carboxylic acids is 1. The molecule has 3 heterocycles. The zero-order valence-electron chi connectivity index (χ0n) is 14.4. The first kappa shape index (κ1) is 16.8. The average molecular weight is 363 g/mol. The summed E-state index contributed by atoms with van der Waals surface area (Å²) in [5.41, 5.74) is 0.983. The lowest BCUT2D eigenvalue weighted by atomic mass is 10.2. The molecule has 0 spiro atoms. The summed E-state index contributed by atoms with van der Waals surface area (Å²) in [6, 6.07) is 12.6. The van der Waals surface area contributed by atoms with Crippen LogP contribution in [-0.2, 0) is 17.8 Å². The number of rotatable bonds is 6. The van der Waals surface area contributed by atoms with E-state index in [1.807, 2.05) is 28.8 Å². The van der Waals surface area contributed by atoms with Crippen LogP contribution in [0.1, 0.15) is 12.2 Å². The molecule has 27 heavy (non-hydrogen) atoms. The van der Waals surface area contributed by atoms with Crippen molar-refractivity contribution in [3.05, 3.63) is 64.8 Å². The smallest absolute Gasteiger partial charge is 0.278 e. The first-order valence-electron chi connectivity index (χ1n) is 8.60.